The molecule has 0 saturated carbocycles. The van der Waals surface area contributed by atoms with Crippen LogP contribution in [0.15, 0.2) is 36.0 Å². The van der Waals surface area contributed by atoms with E-state index in [1.54, 1.807) is 6.08 Å². The second-order valence-electron chi connectivity index (χ2n) is 3.40. The lowest BCUT2D eigenvalue weighted by Crippen LogP contribution is -2.03. The number of allylic oxidation sites excluding steroid dienone is 4. The topological polar surface area (TPSA) is 23.8 Å². The summed E-state index contributed by atoms with van der Waals surface area (Å²) in [7, 11) is 0. The molecule has 70 valence electrons. The third kappa shape index (κ3) is 3.29. The van der Waals surface area contributed by atoms with Gasteiger partial charge in [0, 0.05) is 0 Å². The molecule has 0 aliphatic carbocycles. The zero-order valence-electron chi connectivity index (χ0n) is 8.72. The Balaban J connectivity index is 4.96. The van der Waals surface area contributed by atoms with Crippen molar-refractivity contribution in [3.63, 3.8) is 0 Å². The molecule has 0 amide bonds. The van der Waals surface area contributed by atoms with Gasteiger partial charge in [0.15, 0.2) is 0 Å². The number of rotatable bonds is 4. The van der Waals surface area contributed by atoms with Gasteiger partial charge in [-0.25, -0.2) is 0 Å². The number of nitrogens with zero attached hydrogens (tertiary/aromatic N) is 1. The average molecular weight is 175 g/mol. The fourth-order valence-corrected chi connectivity index (χ4v) is 1.47. The fourth-order valence-electron chi connectivity index (χ4n) is 1.47. The third-order valence-electron chi connectivity index (χ3n) is 1.91. The van der Waals surface area contributed by atoms with Crippen LogP contribution in [0.3, 0.4) is 0 Å². The first kappa shape index (κ1) is 11.7. The first-order valence-corrected chi connectivity index (χ1v) is 4.38. The number of hydrogen-bond donors (Lipinski definition) is 0. The maximum atomic E-state index is 8.95. The lowest BCUT2D eigenvalue weighted by molar-refractivity contribution is 0.787. The first-order chi connectivity index (χ1) is 6.04. The highest BCUT2D eigenvalue weighted by molar-refractivity contribution is 5.36. The molecule has 0 heterocycles. The molecule has 0 aromatic carbocycles. The molecule has 0 saturated heterocycles. The van der Waals surface area contributed by atoms with Crippen LogP contribution in [0.2, 0.25) is 0 Å². The van der Waals surface area contributed by atoms with Crippen LogP contribution in [0.4, 0.5) is 0 Å². The minimum absolute atomic E-state index is 0.0833. The van der Waals surface area contributed by atoms with Crippen LogP contribution in [-0.4, -0.2) is 0 Å². The highest BCUT2D eigenvalue weighted by Gasteiger charge is 2.13. The maximum Gasteiger partial charge on any atom is 0.0748 e. The normalized spacial score (nSPS) is 11.2. The standard InChI is InChI=1S/C12H17N/c1-6-7-11(8-13)12(9(2)3)10(4)5/h6,11H,1-2,7H2,3-5H3. The Bertz CT molecular complexity index is 272. The van der Waals surface area contributed by atoms with E-state index in [2.05, 4.69) is 19.2 Å². The Morgan fingerprint density at radius 3 is 2.23 bits per heavy atom. The highest BCUT2D eigenvalue weighted by atomic mass is 14.3. The van der Waals surface area contributed by atoms with Crippen LogP contribution in [0.25, 0.3) is 0 Å². The molecule has 0 radical (unpaired) electrons. The Hall–Kier alpha value is -1.29. The van der Waals surface area contributed by atoms with Gasteiger partial charge in [-0.2, -0.15) is 5.26 Å². The van der Waals surface area contributed by atoms with Gasteiger partial charge >= 0.3 is 0 Å². The second kappa shape index (κ2) is 5.37. The monoisotopic (exact) mass is 175 g/mol. The summed E-state index contributed by atoms with van der Waals surface area (Å²) in [6, 6.07) is 2.28. The quantitative estimate of drug-likeness (QED) is 0.473. The molecule has 0 fully saturated rings. The second-order valence-corrected chi connectivity index (χ2v) is 3.40. The molecule has 1 unspecified atom stereocenters. The van der Waals surface area contributed by atoms with E-state index in [9.17, 15) is 0 Å². The van der Waals surface area contributed by atoms with Crippen molar-refractivity contribution < 1.29 is 0 Å². The van der Waals surface area contributed by atoms with Gasteiger partial charge < -0.3 is 0 Å². The van der Waals surface area contributed by atoms with Crippen LogP contribution in [-0.2, 0) is 0 Å². The van der Waals surface area contributed by atoms with Gasteiger partial charge in [0.1, 0.15) is 0 Å². The molecule has 13 heavy (non-hydrogen) atoms. The molecule has 0 N–H and O–H groups in total. The van der Waals surface area contributed by atoms with Crippen molar-refractivity contribution in [3.05, 3.63) is 36.0 Å². The van der Waals surface area contributed by atoms with Crippen LogP contribution < -0.4 is 0 Å². The summed E-state index contributed by atoms with van der Waals surface area (Å²) in [6.07, 6.45) is 2.48. The smallest absolute Gasteiger partial charge is 0.0748 e. The predicted molar refractivity (Wildman–Crippen MR) is 57.1 cm³/mol. The first-order valence-electron chi connectivity index (χ1n) is 4.38. The van der Waals surface area contributed by atoms with E-state index in [1.807, 2.05) is 20.8 Å². The summed E-state index contributed by atoms with van der Waals surface area (Å²) in [5.41, 5.74) is 3.22. The van der Waals surface area contributed by atoms with E-state index in [-0.39, 0.29) is 5.92 Å². The zero-order chi connectivity index (χ0) is 10.4. The zero-order valence-corrected chi connectivity index (χ0v) is 8.72. The van der Waals surface area contributed by atoms with Crippen LogP contribution in [0.1, 0.15) is 27.2 Å². The largest absolute Gasteiger partial charge is 0.198 e. The minimum Gasteiger partial charge on any atom is -0.198 e. The predicted octanol–water partition coefficient (Wildman–Crippen LogP) is 3.61. The molecule has 0 aromatic rings. The van der Waals surface area contributed by atoms with Gasteiger partial charge in [-0.3, -0.25) is 0 Å². The summed E-state index contributed by atoms with van der Waals surface area (Å²) in [4.78, 5) is 0. The summed E-state index contributed by atoms with van der Waals surface area (Å²) < 4.78 is 0. The molecular formula is C12H17N. The van der Waals surface area contributed by atoms with E-state index in [0.29, 0.717) is 6.42 Å². The van der Waals surface area contributed by atoms with Crippen molar-refractivity contribution in [1.29, 1.82) is 5.26 Å². The lowest BCUT2D eigenvalue weighted by Gasteiger charge is -2.14. The van der Waals surface area contributed by atoms with Gasteiger partial charge in [-0.15, -0.1) is 6.58 Å². The molecule has 0 aromatic heterocycles. The molecule has 1 nitrogen and oxygen atoms in total. The van der Waals surface area contributed by atoms with Crippen molar-refractivity contribution in [2.24, 2.45) is 5.92 Å². The molecule has 0 rings (SSSR count). The molecule has 0 spiro atoms. The Morgan fingerprint density at radius 1 is 1.46 bits per heavy atom. The van der Waals surface area contributed by atoms with Crippen molar-refractivity contribution in [3.8, 4) is 6.07 Å². The van der Waals surface area contributed by atoms with E-state index in [4.69, 9.17) is 5.26 Å². The molecule has 0 bridgehead atoms. The number of hydrogen-bond acceptors (Lipinski definition) is 1. The van der Waals surface area contributed by atoms with E-state index >= 15 is 0 Å². The third-order valence-corrected chi connectivity index (χ3v) is 1.91. The van der Waals surface area contributed by atoms with Crippen LogP contribution in [0, 0.1) is 17.2 Å². The van der Waals surface area contributed by atoms with Gasteiger partial charge in [0.25, 0.3) is 0 Å². The van der Waals surface area contributed by atoms with Gasteiger partial charge in [-0.05, 0) is 32.8 Å². The van der Waals surface area contributed by atoms with Crippen LogP contribution in [0.5, 0.6) is 0 Å². The Kier molecular flexibility index (Phi) is 4.84. The Labute approximate surface area is 81.1 Å². The summed E-state index contributed by atoms with van der Waals surface area (Å²) in [6.45, 7) is 13.5. The molecular weight excluding hydrogens is 158 g/mol. The molecule has 0 aliphatic rings. The average Bonchev–Trinajstić information content (AvgIpc) is 2.02. The van der Waals surface area contributed by atoms with Crippen molar-refractivity contribution in [2.75, 3.05) is 0 Å². The van der Waals surface area contributed by atoms with E-state index in [1.165, 1.54) is 5.57 Å². The minimum atomic E-state index is -0.0833. The van der Waals surface area contributed by atoms with E-state index < -0.39 is 0 Å². The van der Waals surface area contributed by atoms with Crippen LogP contribution >= 0.6 is 0 Å². The lowest BCUT2D eigenvalue weighted by atomic mass is 9.89. The molecule has 1 heteroatoms. The van der Waals surface area contributed by atoms with E-state index in [0.717, 1.165) is 11.1 Å². The summed E-state index contributed by atoms with van der Waals surface area (Å²) in [5, 5.41) is 8.95. The molecule has 0 aliphatic heterocycles. The maximum absolute atomic E-state index is 8.95. The molecule has 1 atom stereocenters. The Morgan fingerprint density at radius 2 is 2.00 bits per heavy atom. The van der Waals surface area contributed by atoms with Gasteiger partial charge in [0.2, 0.25) is 0 Å². The highest BCUT2D eigenvalue weighted by Crippen LogP contribution is 2.24. The van der Waals surface area contributed by atoms with Gasteiger partial charge in [0.05, 0.1) is 12.0 Å². The number of nitriles is 1. The van der Waals surface area contributed by atoms with Gasteiger partial charge in [-0.1, -0.05) is 23.8 Å². The SMILES string of the molecule is C=CCC(C#N)C(C(=C)C)=C(C)C. The summed E-state index contributed by atoms with van der Waals surface area (Å²) >= 11 is 0. The van der Waals surface area contributed by atoms with Crippen molar-refractivity contribution in [2.45, 2.75) is 27.2 Å². The van der Waals surface area contributed by atoms with Crippen molar-refractivity contribution >= 4 is 0 Å². The van der Waals surface area contributed by atoms with Crippen molar-refractivity contribution in [1.82, 2.24) is 0 Å². The summed E-state index contributed by atoms with van der Waals surface area (Å²) in [5.74, 6) is -0.0833. The fraction of sp³-hybridized carbons (Fsp3) is 0.417.